The van der Waals surface area contributed by atoms with Gasteiger partial charge >= 0.3 is 5.97 Å². The van der Waals surface area contributed by atoms with E-state index in [1.807, 2.05) is 30.5 Å². The first kappa shape index (κ1) is 19.7. The van der Waals surface area contributed by atoms with E-state index in [4.69, 9.17) is 23.7 Å². The fourth-order valence-electron chi connectivity index (χ4n) is 3.91. The molecular weight excluding hydrogens is 386 g/mol. The van der Waals surface area contributed by atoms with Gasteiger partial charge in [-0.1, -0.05) is 0 Å². The molecule has 0 saturated heterocycles. The molecule has 1 aromatic heterocycles. The van der Waals surface area contributed by atoms with Crippen LogP contribution in [0.25, 0.3) is 32.3 Å². The molecule has 0 bridgehead atoms. The highest BCUT2D eigenvalue weighted by molar-refractivity contribution is 6.29. The summed E-state index contributed by atoms with van der Waals surface area (Å²) in [5, 5.41) is 5.20. The number of hydrogen-bond donors (Lipinski definition) is 1. The molecule has 0 amide bonds. The van der Waals surface area contributed by atoms with Gasteiger partial charge in [-0.2, -0.15) is 0 Å². The van der Waals surface area contributed by atoms with Gasteiger partial charge < -0.3 is 28.7 Å². The van der Waals surface area contributed by atoms with E-state index in [1.165, 1.54) is 0 Å². The molecule has 1 heterocycles. The van der Waals surface area contributed by atoms with Crippen LogP contribution in [0.3, 0.4) is 0 Å². The number of methoxy groups -OCH3 is 4. The van der Waals surface area contributed by atoms with Crippen LogP contribution in [0.1, 0.15) is 17.4 Å². The minimum absolute atomic E-state index is 0.285. The van der Waals surface area contributed by atoms with E-state index >= 15 is 0 Å². The molecule has 30 heavy (non-hydrogen) atoms. The Labute approximate surface area is 173 Å². The maximum absolute atomic E-state index is 12.6. The van der Waals surface area contributed by atoms with Crippen molar-refractivity contribution in [1.29, 1.82) is 0 Å². The first-order valence-corrected chi connectivity index (χ1v) is 9.49. The molecule has 7 nitrogen and oxygen atoms in total. The van der Waals surface area contributed by atoms with Crippen molar-refractivity contribution >= 4 is 38.3 Å². The Morgan fingerprint density at radius 2 is 1.17 bits per heavy atom. The first-order valence-electron chi connectivity index (χ1n) is 9.49. The maximum Gasteiger partial charge on any atom is 0.355 e. The molecule has 0 aliphatic heterocycles. The monoisotopic (exact) mass is 409 g/mol. The molecule has 0 fully saturated rings. The number of aromatic amines is 1. The van der Waals surface area contributed by atoms with Crippen LogP contribution in [0.4, 0.5) is 0 Å². The van der Waals surface area contributed by atoms with Crippen molar-refractivity contribution in [3.63, 3.8) is 0 Å². The van der Waals surface area contributed by atoms with E-state index in [0.717, 1.165) is 32.3 Å². The third kappa shape index (κ3) is 2.85. The van der Waals surface area contributed by atoms with Crippen molar-refractivity contribution in [2.75, 3.05) is 35.0 Å². The van der Waals surface area contributed by atoms with Crippen LogP contribution in [-0.4, -0.2) is 46.0 Å². The van der Waals surface area contributed by atoms with Crippen LogP contribution < -0.4 is 18.9 Å². The molecule has 7 heteroatoms. The summed E-state index contributed by atoms with van der Waals surface area (Å²) in [6.45, 7) is 2.06. The molecule has 0 aliphatic carbocycles. The molecule has 0 atom stereocenters. The zero-order chi connectivity index (χ0) is 21.4. The van der Waals surface area contributed by atoms with Gasteiger partial charge in [0.2, 0.25) is 0 Å². The molecule has 0 aliphatic rings. The number of aromatic nitrogens is 1. The van der Waals surface area contributed by atoms with Gasteiger partial charge in [0.15, 0.2) is 23.0 Å². The van der Waals surface area contributed by atoms with Crippen LogP contribution in [-0.2, 0) is 4.74 Å². The summed E-state index contributed by atoms with van der Waals surface area (Å²) in [6, 6.07) is 7.63. The number of ether oxygens (including phenoxy) is 5. The van der Waals surface area contributed by atoms with Crippen molar-refractivity contribution < 1.29 is 28.5 Å². The van der Waals surface area contributed by atoms with E-state index in [2.05, 4.69) is 4.98 Å². The van der Waals surface area contributed by atoms with Crippen LogP contribution >= 0.6 is 0 Å². The van der Waals surface area contributed by atoms with E-state index < -0.39 is 5.97 Å². The van der Waals surface area contributed by atoms with Gasteiger partial charge in [0.05, 0.1) is 35.0 Å². The summed E-state index contributed by atoms with van der Waals surface area (Å²) < 4.78 is 27.3. The Morgan fingerprint density at radius 1 is 0.733 bits per heavy atom. The van der Waals surface area contributed by atoms with Crippen LogP contribution in [0, 0.1) is 0 Å². The third-order valence-corrected chi connectivity index (χ3v) is 5.26. The molecule has 0 saturated carbocycles. The number of rotatable bonds is 6. The van der Waals surface area contributed by atoms with Crippen molar-refractivity contribution in [1.82, 2.24) is 4.98 Å². The molecule has 3 aromatic carbocycles. The lowest BCUT2D eigenvalue weighted by atomic mass is 9.94. The molecule has 0 spiro atoms. The fourth-order valence-corrected chi connectivity index (χ4v) is 3.91. The summed E-state index contributed by atoms with van der Waals surface area (Å²) in [5.41, 5.74) is 0.390. The summed E-state index contributed by atoms with van der Waals surface area (Å²) in [6.07, 6.45) is 1.81. The van der Waals surface area contributed by atoms with Crippen molar-refractivity contribution in [3.05, 3.63) is 36.2 Å². The van der Waals surface area contributed by atoms with Gasteiger partial charge in [0, 0.05) is 17.0 Å². The van der Waals surface area contributed by atoms with Crippen molar-refractivity contribution in [2.24, 2.45) is 0 Å². The van der Waals surface area contributed by atoms with Crippen molar-refractivity contribution in [3.8, 4) is 23.0 Å². The molecule has 1 N–H and O–H groups in total. The van der Waals surface area contributed by atoms with E-state index in [-0.39, 0.29) is 6.61 Å². The lowest BCUT2D eigenvalue weighted by Gasteiger charge is -2.15. The number of carbonyl (C=O) groups is 1. The largest absolute Gasteiger partial charge is 0.493 e. The Kier molecular flexibility index (Phi) is 5.03. The maximum atomic E-state index is 12.6. The SMILES string of the molecule is CCOC(=O)c1[nH]cc2c3cc(OC)c(OC)cc3c3cc(OC)c(OC)cc3c12. The number of H-pyrrole nitrogens is 1. The van der Waals surface area contributed by atoms with Gasteiger partial charge in [-0.05, 0) is 52.7 Å². The van der Waals surface area contributed by atoms with Gasteiger partial charge in [-0.25, -0.2) is 4.79 Å². The Morgan fingerprint density at radius 3 is 1.63 bits per heavy atom. The summed E-state index contributed by atoms with van der Waals surface area (Å²) in [5.74, 6) is 1.96. The summed E-state index contributed by atoms with van der Waals surface area (Å²) in [7, 11) is 6.37. The van der Waals surface area contributed by atoms with Gasteiger partial charge in [0.25, 0.3) is 0 Å². The molecular formula is C23H23NO6. The number of hydrogen-bond acceptors (Lipinski definition) is 6. The summed E-state index contributed by atoms with van der Waals surface area (Å²) in [4.78, 5) is 15.7. The second-order valence-electron chi connectivity index (χ2n) is 6.68. The highest BCUT2D eigenvalue weighted by atomic mass is 16.5. The fraction of sp³-hybridized carbons (Fsp3) is 0.261. The van der Waals surface area contributed by atoms with E-state index in [9.17, 15) is 4.79 Å². The zero-order valence-electron chi connectivity index (χ0n) is 17.5. The smallest absolute Gasteiger partial charge is 0.355 e. The second kappa shape index (κ2) is 7.67. The van der Waals surface area contributed by atoms with Gasteiger partial charge in [0.1, 0.15) is 5.69 Å². The first-order chi connectivity index (χ1) is 14.6. The highest BCUT2D eigenvalue weighted by Gasteiger charge is 2.22. The molecule has 0 unspecified atom stereocenters. The molecule has 156 valence electrons. The number of benzene rings is 3. The average molecular weight is 409 g/mol. The number of esters is 1. The normalized spacial score (nSPS) is 11.1. The van der Waals surface area contributed by atoms with Crippen LogP contribution in [0.15, 0.2) is 30.5 Å². The minimum Gasteiger partial charge on any atom is -0.493 e. The Balaban J connectivity index is 2.24. The lowest BCUT2D eigenvalue weighted by molar-refractivity contribution is 0.0522. The van der Waals surface area contributed by atoms with Crippen LogP contribution in [0.2, 0.25) is 0 Å². The van der Waals surface area contributed by atoms with Gasteiger partial charge in [-0.3, -0.25) is 0 Å². The predicted octanol–water partition coefficient (Wildman–Crippen LogP) is 4.69. The van der Waals surface area contributed by atoms with Crippen molar-refractivity contribution in [2.45, 2.75) is 6.92 Å². The van der Waals surface area contributed by atoms with Crippen LogP contribution in [0.5, 0.6) is 23.0 Å². The molecule has 4 aromatic rings. The zero-order valence-corrected chi connectivity index (χ0v) is 17.5. The predicted molar refractivity (Wildman–Crippen MR) is 115 cm³/mol. The molecule has 4 rings (SSSR count). The number of fused-ring (bicyclic) bond motifs is 6. The number of nitrogens with one attached hydrogen (secondary N) is 1. The van der Waals surface area contributed by atoms with E-state index in [1.54, 1.807) is 35.4 Å². The highest BCUT2D eigenvalue weighted by Crippen LogP contribution is 2.45. The second-order valence-corrected chi connectivity index (χ2v) is 6.68. The summed E-state index contributed by atoms with van der Waals surface area (Å²) >= 11 is 0. The number of carbonyl (C=O) groups excluding carboxylic acids is 1. The quantitative estimate of drug-likeness (QED) is 0.368. The minimum atomic E-state index is -0.414. The Bertz CT molecular complexity index is 1270. The average Bonchev–Trinajstić information content (AvgIpc) is 3.23. The third-order valence-electron chi connectivity index (χ3n) is 5.26. The topological polar surface area (TPSA) is 79.0 Å². The molecule has 0 radical (unpaired) electrons. The van der Waals surface area contributed by atoms with Gasteiger partial charge in [-0.15, -0.1) is 0 Å². The Hall–Kier alpha value is -3.61. The lowest BCUT2D eigenvalue weighted by Crippen LogP contribution is -2.05. The van der Waals surface area contributed by atoms with E-state index in [0.29, 0.717) is 28.7 Å². The standard InChI is InChI=1S/C23H23NO6/c1-6-30-23(25)22-21-15-10-20(29-5)18(27-3)8-13(15)12-7-17(26-2)19(28-4)9-14(12)16(21)11-24-22/h7-11,24H,6H2,1-5H3.